The SMILES string of the molecule is CC(=O)O[C@@H]1[C@H](OC(C)=O)[C@@H](CO)O[C@@H]1n1ccnc1[N+](=O)[O-]. The number of esters is 2. The molecule has 11 nitrogen and oxygen atoms in total. The second-order valence-corrected chi connectivity index (χ2v) is 4.79. The van der Waals surface area contributed by atoms with Crippen LogP contribution in [0.5, 0.6) is 0 Å². The van der Waals surface area contributed by atoms with Gasteiger partial charge in [-0.2, -0.15) is 4.57 Å². The number of ether oxygens (including phenoxy) is 3. The lowest BCUT2D eigenvalue weighted by Gasteiger charge is -2.22. The van der Waals surface area contributed by atoms with Gasteiger partial charge in [0.15, 0.2) is 12.2 Å². The van der Waals surface area contributed by atoms with E-state index in [2.05, 4.69) is 4.98 Å². The van der Waals surface area contributed by atoms with E-state index in [1.54, 1.807) is 0 Å². The molecule has 0 unspecified atom stereocenters. The van der Waals surface area contributed by atoms with Gasteiger partial charge in [-0.25, -0.2) is 0 Å². The number of imidazole rings is 1. The summed E-state index contributed by atoms with van der Waals surface area (Å²) in [6, 6.07) is 0. The second-order valence-electron chi connectivity index (χ2n) is 4.79. The van der Waals surface area contributed by atoms with Gasteiger partial charge in [-0.05, 0) is 4.92 Å². The van der Waals surface area contributed by atoms with Crippen molar-refractivity contribution in [2.24, 2.45) is 0 Å². The molecule has 4 atom stereocenters. The van der Waals surface area contributed by atoms with Crippen LogP contribution in [0.3, 0.4) is 0 Å². The standard InChI is InChI=1S/C12H15N3O8/c1-6(17)21-9-8(5-16)23-11(10(9)22-7(2)18)14-4-3-13-12(14)15(19)20/h3-4,8-11,16H,5H2,1-2H3/t8-,9-,10-,11+/m1/s1. The van der Waals surface area contributed by atoms with E-state index in [1.165, 1.54) is 12.4 Å². The van der Waals surface area contributed by atoms with E-state index >= 15 is 0 Å². The smallest absolute Gasteiger partial charge is 0.436 e. The monoisotopic (exact) mass is 329 g/mol. The first-order valence-electron chi connectivity index (χ1n) is 6.63. The predicted molar refractivity (Wildman–Crippen MR) is 71.0 cm³/mol. The summed E-state index contributed by atoms with van der Waals surface area (Å²) in [6.07, 6.45) is -1.99. The number of nitro groups is 1. The number of rotatable bonds is 5. The van der Waals surface area contributed by atoms with Gasteiger partial charge < -0.3 is 29.4 Å². The maximum absolute atomic E-state index is 11.3. The Morgan fingerprint density at radius 1 is 1.39 bits per heavy atom. The average molecular weight is 329 g/mol. The molecule has 2 heterocycles. The number of aromatic nitrogens is 2. The fraction of sp³-hybridized carbons (Fsp3) is 0.583. The number of aliphatic hydroxyl groups is 1. The van der Waals surface area contributed by atoms with Gasteiger partial charge in [0.2, 0.25) is 6.23 Å². The van der Waals surface area contributed by atoms with E-state index in [9.17, 15) is 24.8 Å². The highest BCUT2D eigenvalue weighted by Gasteiger charge is 2.52. The highest BCUT2D eigenvalue weighted by atomic mass is 16.7. The topological polar surface area (TPSA) is 143 Å². The third-order valence-corrected chi connectivity index (χ3v) is 3.16. The van der Waals surface area contributed by atoms with Crippen molar-refractivity contribution in [2.45, 2.75) is 38.4 Å². The van der Waals surface area contributed by atoms with Crippen LogP contribution in [-0.4, -0.2) is 56.4 Å². The molecule has 0 aromatic carbocycles. The summed E-state index contributed by atoms with van der Waals surface area (Å²) in [5, 5.41) is 20.4. The van der Waals surface area contributed by atoms with Gasteiger partial charge in [-0.15, -0.1) is 0 Å². The van der Waals surface area contributed by atoms with Crippen molar-refractivity contribution in [1.82, 2.24) is 9.55 Å². The Hall–Kier alpha value is -2.53. The average Bonchev–Trinajstić information content (AvgIpc) is 3.04. The quantitative estimate of drug-likeness (QED) is 0.431. The van der Waals surface area contributed by atoms with Crippen LogP contribution in [0.15, 0.2) is 12.4 Å². The van der Waals surface area contributed by atoms with Crippen LogP contribution in [0.25, 0.3) is 0 Å². The van der Waals surface area contributed by atoms with Gasteiger partial charge in [0.05, 0.1) is 6.61 Å². The van der Waals surface area contributed by atoms with Gasteiger partial charge in [0, 0.05) is 13.8 Å². The summed E-state index contributed by atoms with van der Waals surface area (Å²) in [5.74, 6) is -1.90. The van der Waals surface area contributed by atoms with Crippen molar-refractivity contribution in [3.8, 4) is 0 Å². The Balaban J connectivity index is 2.39. The summed E-state index contributed by atoms with van der Waals surface area (Å²) in [6.45, 7) is 1.75. The molecule has 0 amide bonds. The Kier molecular flexibility index (Phi) is 4.91. The van der Waals surface area contributed by atoms with Gasteiger partial charge in [-0.1, -0.05) is 4.98 Å². The lowest BCUT2D eigenvalue weighted by Crippen LogP contribution is -2.40. The molecule has 1 N–H and O–H groups in total. The van der Waals surface area contributed by atoms with Crippen molar-refractivity contribution in [2.75, 3.05) is 6.61 Å². The van der Waals surface area contributed by atoms with E-state index in [0.29, 0.717) is 0 Å². The van der Waals surface area contributed by atoms with Gasteiger partial charge in [0.1, 0.15) is 18.5 Å². The molecule has 126 valence electrons. The van der Waals surface area contributed by atoms with E-state index in [4.69, 9.17) is 14.2 Å². The number of carbonyl (C=O) groups excluding carboxylic acids is 2. The Labute approximate surface area is 129 Å². The number of carbonyl (C=O) groups is 2. The molecule has 23 heavy (non-hydrogen) atoms. The van der Waals surface area contributed by atoms with Crippen LogP contribution >= 0.6 is 0 Å². The zero-order valence-corrected chi connectivity index (χ0v) is 12.3. The maximum Gasteiger partial charge on any atom is 0.436 e. The molecule has 1 aromatic heterocycles. The van der Waals surface area contributed by atoms with Gasteiger partial charge >= 0.3 is 17.9 Å². The predicted octanol–water partition coefficient (Wildman–Crippen LogP) is -0.456. The largest absolute Gasteiger partial charge is 0.455 e. The van der Waals surface area contributed by atoms with Gasteiger partial charge in [0.25, 0.3) is 0 Å². The molecule has 1 saturated heterocycles. The molecule has 0 saturated carbocycles. The highest BCUT2D eigenvalue weighted by molar-refractivity contribution is 5.67. The zero-order chi connectivity index (χ0) is 17.1. The molecule has 0 aliphatic carbocycles. The molecule has 0 radical (unpaired) electrons. The van der Waals surface area contributed by atoms with Crippen molar-refractivity contribution in [3.05, 3.63) is 22.5 Å². The van der Waals surface area contributed by atoms with Crippen LogP contribution in [0.4, 0.5) is 5.95 Å². The van der Waals surface area contributed by atoms with Crippen LogP contribution < -0.4 is 0 Å². The molecule has 11 heteroatoms. The van der Waals surface area contributed by atoms with Crippen molar-refractivity contribution < 1.29 is 33.8 Å². The van der Waals surface area contributed by atoms with E-state index in [-0.39, 0.29) is 0 Å². The van der Waals surface area contributed by atoms with Crippen LogP contribution in [0.1, 0.15) is 20.1 Å². The Morgan fingerprint density at radius 2 is 2.00 bits per heavy atom. The molecule has 1 aromatic rings. The normalized spacial score (nSPS) is 26.7. The molecule has 1 aliphatic rings. The van der Waals surface area contributed by atoms with Crippen molar-refractivity contribution >= 4 is 17.9 Å². The first-order chi connectivity index (χ1) is 10.8. The molecule has 1 aliphatic heterocycles. The highest BCUT2D eigenvalue weighted by Crippen LogP contribution is 2.35. The summed E-state index contributed by atoms with van der Waals surface area (Å²) in [7, 11) is 0. The molecular weight excluding hydrogens is 314 g/mol. The minimum absolute atomic E-state index is 0.533. The Bertz CT molecular complexity index is 615. The molecule has 1 fully saturated rings. The number of hydrogen-bond acceptors (Lipinski definition) is 9. The maximum atomic E-state index is 11.3. The minimum atomic E-state index is -1.17. The number of aliphatic hydroxyl groups excluding tert-OH is 1. The van der Waals surface area contributed by atoms with Crippen LogP contribution in [0, 0.1) is 10.1 Å². The third-order valence-electron chi connectivity index (χ3n) is 3.16. The van der Waals surface area contributed by atoms with Gasteiger partial charge in [-0.3, -0.25) is 9.59 Å². The van der Waals surface area contributed by atoms with E-state index in [1.807, 2.05) is 0 Å². The Morgan fingerprint density at radius 3 is 2.52 bits per heavy atom. The number of hydrogen-bond donors (Lipinski definition) is 1. The van der Waals surface area contributed by atoms with Crippen LogP contribution in [0.2, 0.25) is 0 Å². The lowest BCUT2D eigenvalue weighted by molar-refractivity contribution is -0.398. The summed E-state index contributed by atoms with van der Waals surface area (Å²) < 4.78 is 16.7. The van der Waals surface area contributed by atoms with Crippen molar-refractivity contribution in [3.63, 3.8) is 0 Å². The van der Waals surface area contributed by atoms with Crippen molar-refractivity contribution in [1.29, 1.82) is 0 Å². The molecule has 0 spiro atoms. The van der Waals surface area contributed by atoms with Crippen LogP contribution in [-0.2, 0) is 23.8 Å². The second kappa shape index (κ2) is 6.71. The lowest BCUT2D eigenvalue weighted by atomic mass is 10.1. The minimum Gasteiger partial charge on any atom is -0.455 e. The first-order valence-corrected chi connectivity index (χ1v) is 6.63. The fourth-order valence-corrected chi connectivity index (χ4v) is 2.38. The molecule has 0 bridgehead atoms. The fourth-order valence-electron chi connectivity index (χ4n) is 2.38. The zero-order valence-electron chi connectivity index (χ0n) is 12.3. The van der Waals surface area contributed by atoms with E-state index in [0.717, 1.165) is 18.4 Å². The first kappa shape index (κ1) is 16.8. The third kappa shape index (κ3) is 3.46. The summed E-state index contributed by atoms with van der Waals surface area (Å²) in [5.41, 5.74) is 0. The summed E-state index contributed by atoms with van der Waals surface area (Å²) in [4.78, 5) is 36.4. The van der Waals surface area contributed by atoms with E-state index < -0.39 is 54.0 Å². The number of nitrogens with zero attached hydrogens (tertiary/aromatic N) is 3. The molecule has 2 rings (SSSR count). The summed E-state index contributed by atoms with van der Waals surface area (Å²) >= 11 is 0. The molecular formula is C12H15N3O8.